The molecule has 5 heteroatoms. The Hall–Kier alpha value is -2.53. The molecule has 1 aliphatic heterocycles. The maximum atomic E-state index is 13.3. The van der Waals surface area contributed by atoms with Gasteiger partial charge in [0.1, 0.15) is 5.75 Å². The smallest absolute Gasteiger partial charge is 0.272 e. The Morgan fingerprint density at radius 1 is 0.897 bits per heavy atom. The van der Waals surface area contributed by atoms with E-state index in [4.69, 9.17) is 4.74 Å². The van der Waals surface area contributed by atoms with Crippen molar-refractivity contribution in [2.45, 2.75) is 40.0 Å². The fraction of sp³-hybridized carbons (Fsp3) is 0.333. The first-order chi connectivity index (χ1) is 13.8. The predicted molar refractivity (Wildman–Crippen MR) is 120 cm³/mol. The lowest BCUT2D eigenvalue weighted by atomic mass is 9.87. The second-order valence-corrected chi connectivity index (χ2v) is 9.11. The van der Waals surface area contributed by atoms with Gasteiger partial charge in [0, 0.05) is 0 Å². The van der Waals surface area contributed by atoms with Crippen LogP contribution in [0.1, 0.15) is 45.7 Å². The largest absolute Gasteiger partial charge is 0.494 e. The number of thioether (sulfide) groups is 1. The molecule has 0 fully saturated rings. The van der Waals surface area contributed by atoms with E-state index in [0.29, 0.717) is 28.5 Å². The van der Waals surface area contributed by atoms with Crippen molar-refractivity contribution in [3.05, 3.63) is 64.6 Å². The zero-order chi connectivity index (χ0) is 21.2. The SMILES string of the molecule is CCOc1ccc(C2=C(SCC)C(=O)N(c3ccc(C(C)(C)C)cc3)C2=O)cc1. The van der Waals surface area contributed by atoms with Crippen LogP contribution in [0.15, 0.2) is 53.4 Å². The average molecular weight is 410 g/mol. The minimum Gasteiger partial charge on any atom is -0.494 e. The van der Waals surface area contributed by atoms with E-state index in [1.54, 1.807) is 0 Å². The molecule has 0 saturated heterocycles. The number of hydrogen-bond acceptors (Lipinski definition) is 4. The number of hydrogen-bond donors (Lipinski definition) is 0. The van der Waals surface area contributed by atoms with Gasteiger partial charge in [-0.1, -0.05) is 52.0 Å². The van der Waals surface area contributed by atoms with Gasteiger partial charge in [0.15, 0.2) is 0 Å². The van der Waals surface area contributed by atoms with Gasteiger partial charge in [-0.15, -0.1) is 11.8 Å². The molecular formula is C24H27NO3S. The van der Waals surface area contributed by atoms with E-state index in [-0.39, 0.29) is 17.2 Å². The van der Waals surface area contributed by atoms with Crippen LogP contribution >= 0.6 is 11.8 Å². The molecule has 0 bridgehead atoms. The third-order valence-corrected chi connectivity index (χ3v) is 5.73. The van der Waals surface area contributed by atoms with E-state index in [1.807, 2.05) is 62.4 Å². The van der Waals surface area contributed by atoms with Crippen LogP contribution < -0.4 is 9.64 Å². The molecule has 29 heavy (non-hydrogen) atoms. The summed E-state index contributed by atoms with van der Waals surface area (Å²) < 4.78 is 5.49. The number of carbonyl (C=O) groups excluding carboxylic acids is 2. The molecule has 0 radical (unpaired) electrons. The van der Waals surface area contributed by atoms with Crippen LogP contribution in [0.5, 0.6) is 5.75 Å². The highest BCUT2D eigenvalue weighted by atomic mass is 32.2. The summed E-state index contributed by atoms with van der Waals surface area (Å²) >= 11 is 1.41. The van der Waals surface area contributed by atoms with Crippen LogP contribution in [0.3, 0.4) is 0 Å². The summed E-state index contributed by atoms with van der Waals surface area (Å²) in [5.74, 6) is 0.923. The Kier molecular flexibility index (Phi) is 6.18. The van der Waals surface area contributed by atoms with Gasteiger partial charge in [0.25, 0.3) is 11.8 Å². The van der Waals surface area contributed by atoms with Gasteiger partial charge in [-0.05, 0) is 53.5 Å². The van der Waals surface area contributed by atoms with Crippen molar-refractivity contribution in [3.8, 4) is 5.75 Å². The third kappa shape index (κ3) is 4.25. The predicted octanol–water partition coefficient (Wildman–Crippen LogP) is 5.42. The molecule has 152 valence electrons. The van der Waals surface area contributed by atoms with E-state index in [0.717, 1.165) is 16.9 Å². The fourth-order valence-corrected chi connectivity index (χ4v) is 4.12. The standard InChI is InChI=1S/C24H27NO3S/c1-6-28-19-14-8-16(9-15-19)20-21(29-7-2)23(27)25(22(20)26)18-12-10-17(11-13-18)24(3,4)5/h8-15H,6-7H2,1-5H3. The van der Waals surface area contributed by atoms with E-state index in [1.165, 1.54) is 16.7 Å². The highest BCUT2D eigenvalue weighted by molar-refractivity contribution is 8.04. The molecule has 0 unspecified atom stereocenters. The summed E-state index contributed by atoms with van der Waals surface area (Å²) in [6.45, 7) is 10.9. The lowest BCUT2D eigenvalue weighted by Gasteiger charge is -2.21. The Bertz CT molecular complexity index is 938. The van der Waals surface area contributed by atoms with E-state index in [2.05, 4.69) is 20.8 Å². The maximum absolute atomic E-state index is 13.3. The minimum atomic E-state index is -0.279. The van der Waals surface area contributed by atoms with Gasteiger partial charge in [0.05, 0.1) is 22.8 Å². The summed E-state index contributed by atoms with van der Waals surface area (Å²) in [6.07, 6.45) is 0. The molecule has 0 aromatic heterocycles. The van der Waals surface area contributed by atoms with Crippen LogP contribution in [0, 0.1) is 0 Å². The second kappa shape index (κ2) is 8.46. The second-order valence-electron chi connectivity index (χ2n) is 7.84. The summed E-state index contributed by atoms with van der Waals surface area (Å²) in [5.41, 5.74) is 2.96. The molecule has 0 atom stereocenters. The summed E-state index contributed by atoms with van der Waals surface area (Å²) in [5, 5.41) is 0. The van der Waals surface area contributed by atoms with E-state index in [9.17, 15) is 9.59 Å². The number of ether oxygens (including phenoxy) is 1. The van der Waals surface area contributed by atoms with Gasteiger partial charge in [-0.2, -0.15) is 0 Å². The normalized spacial score (nSPS) is 14.7. The van der Waals surface area contributed by atoms with Crippen molar-refractivity contribution in [2.75, 3.05) is 17.3 Å². The number of nitrogens with zero attached hydrogens (tertiary/aromatic N) is 1. The van der Waals surface area contributed by atoms with Crippen molar-refractivity contribution < 1.29 is 14.3 Å². The Labute approximate surface area is 176 Å². The molecule has 0 N–H and O–H groups in total. The number of rotatable bonds is 6. The molecule has 1 aliphatic rings. The van der Waals surface area contributed by atoms with E-state index < -0.39 is 0 Å². The van der Waals surface area contributed by atoms with Crippen LogP contribution in [-0.4, -0.2) is 24.2 Å². The van der Waals surface area contributed by atoms with Gasteiger partial charge in [0.2, 0.25) is 0 Å². The first-order valence-corrected chi connectivity index (χ1v) is 10.9. The van der Waals surface area contributed by atoms with Crippen LogP contribution in [-0.2, 0) is 15.0 Å². The Balaban J connectivity index is 1.98. The quantitative estimate of drug-likeness (QED) is 0.598. The molecule has 0 spiro atoms. The van der Waals surface area contributed by atoms with Crippen LogP contribution in [0.25, 0.3) is 5.57 Å². The van der Waals surface area contributed by atoms with Crippen molar-refractivity contribution in [2.24, 2.45) is 0 Å². The number of benzene rings is 2. The molecule has 3 rings (SSSR count). The fourth-order valence-electron chi connectivity index (χ4n) is 3.27. The Morgan fingerprint density at radius 3 is 2.03 bits per heavy atom. The molecule has 2 aromatic rings. The molecular weight excluding hydrogens is 382 g/mol. The number of anilines is 1. The molecule has 0 saturated carbocycles. The zero-order valence-electron chi connectivity index (χ0n) is 17.6. The van der Waals surface area contributed by atoms with Crippen molar-refractivity contribution in [1.29, 1.82) is 0 Å². The summed E-state index contributed by atoms with van der Waals surface area (Å²) in [4.78, 5) is 28.2. The lowest BCUT2D eigenvalue weighted by molar-refractivity contribution is -0.119. The third-order valence-electron chi connectivity index (χ3n) is 4.78. The van der Waals surface area contributed by atoms with Gasteiger partial charge in [-0.3, -0.25) is 9.59 Å². The first-order valence-electron chi connectivity index (χ1n) is 9.87. The zero-order valence-corrected chi connectivity index (χ0v) is 18.4. The van der Waals surface area contributed by atoms with Crippen LogP contribution in [0.4, 0.5) is 5.69 Å². The molecule has 2 aromatic carbocycles. The van der Waals surface area contributed by atoms with Gasteiger partial charge < -0.3 is 4.74 Å². The highest BCUT2D eigenvalue weighted by Crippen LogP contribution is 2.39. The summed E-state index contributed by atoms with van der Waals surface area (Å²) in [7, 11) is 0. The van der Waals surface area contributed by atoms with Gasteiger partial charge >= 0.3 is 0 Å². The Morgan fingerprint density at radius 2 is 1.52 bits per heavy atom. The highest BCUT2D eigenvalue weighted by Gasteiger charge is 2.40. The monoisotopic (exact) mass is 409 g/mol. The molecule has 1 heterocycles. The number of amides is 2. The average Bonchev–Trinajstić information content (AvgIpc) is 2.92. The minimum absolute atomic E-state index is 0.00644. The number of carbonyl (C=O) groups is 2. The van der Waals surface area contributed by atoms with Crippen LogP contribution in [0.2, 0.25) is 0 Å². The molecule has 0 aliphatic carbocycles. The topological polar surface area (TPSA) is 46.6 Å². The molecule has 2 amide bonds. The lowest BCUT2D eigenvalue weighted by Crippen LogP contribution is -2.31. The first kappa shape index (κ1) is 21.2. The van der Waals surface area contributed by atoms with Crippen molar-refractivity contribution >= 4 is 34.8 Å². The van der Waals surface area contributed by atoms with Crippen molar-refractivity contribution in [1.82, 2.24) is 0 Å². The summed E-state index contributed by atoms with van der Waals surface area (Å²) in [6, 6.07) is 15.0. The number of imide groups is 1. The molecule has 4 nitrogen and oxygen atoms in total. The maximum Gasteiger partial charge on any atom is 0.272 e. The van der Waals surface area contributed by atoms with E-state index >= 15 is 0 Å². The van der Waals surface area contributed by atoms with Gasteiger partial charge in [-0.25, -0.2) is 4.90 Å². The van der Waals surface area contributed by atoms with Crippen molar-refractivity contribution in [3.63, 3.8) is 0 Å².